The second-order valence-electron chi connectivity index (χ2n) is 5.20. The van der Waals surface area contributed by atoms with Crippen LogP contribution in [0.15, 0.2) is 48.8 Å². The summed E-state index contributed by atoms with van der Waals surface area (Å²) in [7, 11) is 0. The summed E-state index contributed by atoms with van der Waals surface area (Å²) < 4.78 is 1.09. The molecule has 22 heavy (non-hydrogen) atoms. The molecule has 0 saturated carbocycles. The zero-order chi connectivity index (χ0) is 15.5. The zero-order valence-corrected chi connectivity index (χ0v) is 12.9. The van der Waals surface area contributed by atoms with E-state index in [0.717, 1.165) is 26.2 Å². The van der Waals surface area contributed by atoms with Gasteiger partial charge in [0.2, 0.25) is 0 Å². The van der Waals surface area contributed by atoms with Crippen molar-refractivity contribution in [3.8, 4) is 0 Å². The summed E-state index contributed by atoms with van der Waals surface area (Å²) >= 11 is 1.57. The van der Waals surface area contributed by atoms with Crippen molar-refractivity contribution in [3.63, 3.8) is 0 Å². The van der Waals surface area contributed by atoms with Gasteiger partial charge in [0.15, 0.2) is 0 Å². The molecule has 2 heterocycles. The first kappa shape index (κ1) is 15.0. The highest BCUT2D eigenvalue weighted by atomic mass is 32.1. The minimum atomic E-state index is -0.748. The Hall–Kier alpha value is -1.95. The predicted molar refractivity (Wildman–Crippen MR) is 91.9 cm³/mol. The van der Waals surface area contributed by atoms with Crippen molar-refractivity contribution in [3.05, 3.63) is 66.8 Å². The van der Waals surface area contributed by atoms with Crippen LogP contribution in [-0.2, 0) is 0 Å². The van der Waals surface area contributed by atoms with Gasteiger partial charge in [0.05, 0.1) is 9.70 Å². The molecule has 0 spiro atoms. The van der Waals surface area contributed by atoms with E-state index in [-0.39, 0.29) is 5.92 Å². The summed E-state index contributed by atoms with van der Waals surface area (Å²) in [6.45, 7) is 4.23. The van der Waals surface area contributed by atoms with E-state index < -0.39 is 6.23 Å². The van der Waals surface area contributed by atoms with Crippen LogP contribution in [0, 0.1) is 6.92 Å². The summed E-state index contributed by atoms with van der Waals surface area (Å²) in [4.78, 5) is 4.11. The quantitative estimate of drug-likeness (QED) is 0.633. The van der Waals surface area contributed by atoms with E-state index in [1.807, 2.05) is 42.6 Å². The number of aliphatic hydroxyl groups is 1. The lowest BCUT2D eigenvalue weighted by molar-refractivity contribution is 0.173. The first-order valence-electron chi connectivity index (χ1n) is 7.07. The lowest BCUT2D eigenvalue weighted by Crippen LogP contribution is -2.31. The topological polar surface area (TPSA) is 71.2 Å². The number of nitrogens with two attached hydrogens (primary N) is 1. The molecule has 0 bridgehead atoms. The van der Waals surface area contributed by atoms with Gasteiger partial charge < -0.3 is 16.2 Å². The molecule has 0 fully saturated rings. The van der Waals surface area contributed by atoms with E-state index in [1.54, 1.807) is 17.5 Å². The second kappa shape index (κ2) is 6.44. The van der Waals surface area contributed by atoms with Crippen LogP contribution in [0.2, 0.25) is 0 Å². The predicted octanol–water partition coefficient (Wildman–Crippen LogP) is 2.95. The van der Waals surface area contributed by atoms with Gasteiger partial charge in [-0.05, 0) is 35.6 Å². The molecular weight excluding hydrogens is 294 g/mol. The van der Waals surface area contributed by atoms with Crippen LogP contribution in [-0.4, -0.2) is 22.9 Å². The summed E-state index contributed by atoms with van der Waals surface area (Å²) in [5, 5.41) is 15.7. The molecule has 3 rings (SSSR count). The van der Waals surface area contributed by atoms with Crippen LogP contribution in [0.5, 0.6) is 0 Å². The third-order valence-corrected chi connectivity index (χ3v) is 4.67. The van der Waals surface area contributed by atoms with Gasteiger partial charge in [0, 0.05) is 24.9 Å². The van der Waals surface area contributed by atoms with E-state index in [9.17, 15) is 5.11 Å². The Balaban J connectivity index is 1.79. The normalized spacial score (nSPS) is 14.0. The number of benzene rings is 1. The number of nitrogens with one attached hydrogen (secondary N) is 1. The van der Waals surface area contributed by atoms with Crippen molar-refractivity contribution in [2.45, 2.75) is 12.1 Å². The van der Waals surface area contributed by atoms with Gasteiger partial charge in [-0.3, -0.25) is 4.98 Å². The molecule has 4 nitrogen and oxygen atoms in total. The van der Waals surface area contributed by atoms with Gasteiger partial charge in [-0.25, -0.2) is 0 Å². The Labute approximate surface area is 133 Å². The van der Waals surface area contributed by atoms with Crippen LogP contribution < -0.4 is 11.1 Å². The number of rotatable bonds is 5. The van der Waals surface area contributed by atoms with E-state index in [2.05, 4.69) is 17.2 Å². The van der Waals surface area contributed by atoms with Crippen LogP contribution in [0.4, 0.5) is 5.00 Å². The van der Waals surface area contributed by atoms with Gasteiger partial charge in [-0.1, -0.05) is 24.3 Å². The average molecular weight is 312 g/mol. The Morgan fingerprint density at radius 1 is 1.27 bits per heavy atom. The van der Waals surface area contributed by atoms with Crippen LogP contribution in [0.1, 0.15) is 17.0 Å². The summed E-state index contributed by atoms with van der Waals surface area (Å²) in [6.07, 6.45) is 2.84. The zero-order valence-electron chi connectivity index (χ0n) is 12.1. The fraction of sp³-hybridized carbons (Fsp3) is 0.176. The Bertz CT molecular complexity index is 721. The standard InChI is InChI=1S/C17H18N3OS/c1-11-2-4-12(5-3-11)14(9-18)17(21)20-16-8-13-6-7-19-10-15(13)22-16/h2-8,10,14,17,20-21H,1,9,18H2/t14-,17+/m1/s1. The maximum absolute atomic E-state index is 10.5. The molecule has 3 aromatic rings. The molecular formula is C17H18N3OS. The minimum absolute atomic E-state index is 0.177. The molecule has 2 atom stereocenters. The number of aliphatic hydroxyl groups excluding tert-OH is 1. The molecule has 113 valence electrons. The number of fused-ring (bicyclic) bond motifs is 1. The van der Waals surface area contributed by atoms with E-state index in [1.165, 1.54) is 0 Å². The number of hydrogen-bond donors (Lipinski definition) is 3. The van der Waals surface area contributed by atoms with Gasteiger partial charge >= 0.3 is 0 Å². The molecule has 0 aliphatic rings. The monoisotopic (exact) mass is 312 g/mol. The van der Waals surface area contributed by atoms with Crippen molar-refractivity contribution in [2.75, 3.05) is 11.9 Å². The Kier molecular flexibility index (Phi) is 4.38. The third kappa shape index (κ3) is 3.11. The van der Waals surface area contributed by atoms with Gasteiger partial charge in [-0.15, -0.1) is 11.3 Å². The van der Waals surface area contributed by atoms with Gasteiger partial charge in [0.25, 0.3) is 0 Å². The van der Waals surface area contributed by atoms with E-state index in [0.29, 0.717) is 6.54 Å². The van der Waals surface area contributed by atoms with Crippen LogP contribution in [0.25, 0.3) is 10.1 Å². The van der Waals surface area contributed by atoms with Crippen molar-refractivity contribution < 1.29 is 5.11 Å². The smallest absolute Gasteiger partial charge is 0.133 e. The van der Waals surface area contributed by atoms with Crippen molar-refractivity contribution in [1.82, 2.24) is 4.98 Å². The van der Waals surface area contributed by atoms with E-state index in [4.69, 9.17) is 5.73 Å². The molecule has 0 aliphatic carbocycles. The molecule has 2 aromatic heterocycles. The third-order valence-electron chi connectivity index (χ3n) is 3.66. The molecule has 0 amide bonds. The highest BCUT2D eigenvalue weighted by Gasteiger charge is 2.20. The molecule has 0 unspecified atom stereocenters. The van der Waals surface area contributed by atoms with E-state index >= 15 is 0 Å². The molecule has 1 aromatic carbocycles. The SMILES string of the molecule is [CH2]c1ccc([C@@H](CN)[C@H](O)Nc2cc3ccncc3s2)cc1. The van der Waals surface area contributed by atoms with Crippen LogP contribution >= 0.6 is 11.3 Å². The fourth-order valence-electron chi connectivity index (χ4n) is 2.41. The van der Waals surface area contributed by atoms with Gasteiger partial charge in [0.1, 0.15) is 6.23 Å². The van der Waals surface area contributed by atoms with Crippen molar-refractivity contribution in [1.29, 1.82) is 0 Å². The Morgan fingerprint density at radius 2 is 2.05 bits per heavy atom. The number of thiophene rings is 1. The first-order valence-corrected chi connectivity index (χ1v) is 7.89. The van der Waals surface area contributed by atoms with Crippen molar-refractivity contribution in [2.24, 2.45) is 5.73 Å². The Morgan fingerprint density at radius 3 is 2.73 bits per heavy atom. The first-order chi connectivity index (χ1) is 10.7. The molecule has 1 radical (unpaired) electrons. The number of hydrogen-bond acceptors (Lipinski definition) is 5. The number of aromatic nitrogens is 1. The molecule has 0 aliphatic heterocycles. The van der Waals surface area contributed by atoms with Crippen molar-refractivity contribution >= 4 is 26.4 Å². The average Bonchev–Trinajstić information content (AvgIpc) is 2.92. The maximum Gasteiger partial charge on any atom is 0.133 e. The summed E-state index contributed by atoms with van der Waals surface area (Å²) in [5.74, 6) is -0.177. The minimum Gasteiger partial charge on any atom is -0.373 e. The van der Waals surface area contributed by atoms with Gasteiger partial charge in [-0.2, -0.15) is 0 Å². The lowest BCUT2D eigenvalue weighted by Gasteiger charge is -2.23. The number of anilines is 1. The largest absolute Gasteiger partial charge is 0.373 e. The number of nitrogens with zero attached hydrogens (tertiary/aromatic N) is 1. The molecule has 5 heteroatoms. The molecule has 0 saturated heterocycles. The molecule has 4 N–H and O–H groups in total. The lowest BCUT2D eigenvalue weighted by atomic mass is 9.96. The van der Waals surface area contributed by atoms with Crippen LogP contribution in [0.3, 0.4) is 0 Å². The fourth-order valence-corrected chi connectivity index (χ4v) is 3.37. The summed E-state index contributed by atoms with van der Waals surface area (Å²) in [5.41, 5.74) is 7.79. The summed E-state index contributed by atoms with van der Waals surface area (Å²) in [6, 6.07) is 11.7. The highest BCUT2D eigenvalue weighted by Crippen LogP contribution is 2.30. The highest BCUT2D eigenvalue weighted by molar-refractivity contribution is 7.22. The second-order valence-corrected chi connectivity index (χ2v) is 6.28. The maximum atomic E-state index is 10.5. The number of pyridine rings is 1.